The Hall–Kier alpha value is -2.14. The molecule has 1 aromatic heterocycles. The molecule has 3 N–H and O–H groups in total. The number of rotatable bonds is 3. The van der Waals surface area contributed by atoms with Gasteiger partial charge in [-0.3, -0.25) is 5.41 Å². The summed E-state index contributed by atoms with van der Waals surface area (Å²) in [6, 6.07) is 10.1. The predicted molar refractivity (Wildman–Crippen MR) is 85.0 cm³/mol. The Morgan fingerprint density at radius 2 is 2.19 bits per heavy atom. The molecule has 1 fully saturated rings. The first-order chi connectivity index (χ1) is 10.1. The van der Waals surface area contributed by atoms with Crippen LogP contribution in [0.1, 0.15) is 18.9 Å². The lowest BCUT2D eigenvalue weighted by Crippen LogP contribution is -2.38. The maximum atomic E-state index is 7.85. The van der Waals surface area contributed by atoms with E-state index in [0.717, 1.165) is 29.7 Å². The summed E-state index contributed by atoms with van der Waals surface area (Å²) in [7, 11) is 2.00. The number of nitrogens with two attached hydrogens (primary N) is 1. The first-order valence-electron chi connectivity index (χ1n) is 7.16. The van der Waals surface area contributed by atoms with Crippen molar-refractivity contribution in [3.05, 3.63) is 35.9 Å². The lowest BCUT2D eigenvalue weighted by Gasteiger charge is -2.29. The molecule has 2 atom stereocenters. The largest absolute Gasteiger partial charge is 0.384 e. The molecule has 0 saturated carbocycles. The molecule has 0 amide bonds. The number of amidine groups is 1. The maximum Gasteiger partial charge on any atom is 0.140 e. The van der Waals surface area contributed by atoms with Crippen LogP contribution in [0.3, 0.4) is 0 Å². The molecular weight excluding hydrogens is 264 g/mol. The monoisotopic (exact) mass is 284 g/mol. The van der Waals surface area contributed by atoms with Crippen molar-refractivity contribution in [2.75, 3.05) is 18.6 Å². The van der Waals surface area contributed by atoms with Crippen molar-refractivity contribution in [3.63, 3.8) is 0 Å². The fourth-order valence-corrected chi connectivity index (χ4v) is 2.96. The maximum absolute atomic E-state index is 7.85. The number of likely N-dealkylation sites (N-methyl/N-ethyl adjacent to an activating group) is 1. The van der Waals surface area contributed by atoms with E-state index in [1.807, 2.05) is 37.4 Å². The third-order valence-electron chi connectivity index (χ3n) is 4.16. The second-order valence-electron chi connectivity index (χ2n) is 5.51. The summed E-state index contributed by atoms with van der Waals surface area (Å²) in [4.78, 5) is 6.82. The van der Waals surface area contributed by atoms with Gasteiger partial charge in [-0.2, -0.15) is 0 Å². The molecule has 21 heavy (non-hydrogen) atoms. The number of hydrogen-bond acceptors (Lipinski definition) is 4. The molecule has 0 spiro atoms. The van der Waals surface area contributed by atoms with Gasteiger partial charge < -0.3 is 15.4 Å². The van der Waals surface area contributed by atoms with Gasteiger partial charge in [0.1, 0.15) is 11.7 Å². The fraction of sp³-hybridized carbons (Fsp3) is 0.375. The Kier molecular flexibility index (Phi) is 3.51. The number of fused-ring (bicyclic) bond motifs is 1. The SMILES string of the molecule is CC1OCCC1N(C)c1nc2ccccc2cc1C(=N)N. The van der Waals surface area contributed by atoms with Crippen LogP contribution in [-0.2, 0) is 4.74 Å². The smallest absolute Gasteiger partial charge is 0.140 e. The minimum absolute atomic E-state index is 0.0432. The average Bonchev–Trinajstić information content (AvgIpc) is 2.91. The Bertz CT molecular complexity index is 685. The normalized spacial score (nSPS) is 21.6. The summed E-state index contributed by atoms with van der Waals surface area (Å²) in [6.45, 7) is 2.84. The zero-order chi connectivity index (χ0) is 15.0. The lowest BCUT2D eigenvalue weighted by atomic mass is 10.1. The number of anilines is 1. The molecule has 0 bridgehead atoms. The average molecular weight is 284 g/mol. The summed E-state index contributed by atoms with van der Waals surface area (Å²) in [6.07, 6.45) is 1.12. The molecular formula is C16H20N4O. The van der Waals surface area contributed by atoms with Crippen LogP contribution in [0.15, 0.2) is 30.3 Å². The highest BCUT2D eigenvalue weighted by Gasteiger charge is 2.30. The second kappa shape index (κ2) is 5.33. The van der Waals surface area contributed by atoms with Crippen LogP contribution in [0.5, 0.6) is 0 Å². The molecule has 1 aliphatic rings. The molecule has 1 aliphatic heterocycles. The van der Waals surface area contributed by atoms with Crippen LogP contribution in [0, 0.1) is 5.41 Å². The van der Waals surface area contributed by atoms with Crippen molar-refractivity contribution in [2.24, 2.45) is 5.73 Å². The van der Waals surface area contributed by atoms with E-state index in [2.05, 4.69) is 11.8 Å². The number of ether oxygens (including phenoxy) is 1. The number of aromatic nitrogens is 1. The van der Waals surface area contributed by atoms with E-state index in [1.54, 1.807) is 0 Å². The van der Waals surface area contributed by atoms with E-state index >= 15 is 0 Å². The highest BCUT2D eigenvalue weighted by Crippen LogP contribution is 2.28. The number of para-hydroxylation sites is 1. The summed E-state index contributed by atoms with van der Waals surface area (Å²) < 4.78 is 5.64. The van der Waals surface area contributed by atoms with Gasteiger partial charge in [-0.05, 0) is 25.5 Å². The Morgan fingerprint density at radius 3 is 2.86 bits per heavy atom. The third kappa shape index (κ3) is 2.45. The van der Waals surface area contributed by atoms with Gasteiger partial charge in [0.05, 0.1) is 23.2 Å². The molecule has 1 aromatic carbocycles. The third-order valence-corrected chi connectivity index (χ3v) is 4.16. The number of pyridine rings is 1. The lowest BCUT2D eigenvalue weighted by molar-refractivity contribution is 0.118. The number of nitrogens with zero attached hydrogens (tertiary/aromatic N) is 2. The Balaban J connectivity index is 2.11. The predicted octanol–water partition coefficient (Wildman–Crippen LogP) is 2.13. The van der Waals surface area contributed by atoms with Gasteiger partial charge in [-0.25, -0.2) is 4.98 Å². The molecule has 2 unspecified atom stereocenters. The van der Waals surface area contributed by atoms with Gasteiger partial charge in [0.25, 0.3) is 0 Å². The summed E-state index contributed by atoms with van der Waals surface area (Å²) in [5.41, 5.74) is 7.35. The van der Waals surface area contributed by atoms with Crippen molar-refractivity contribution in [2.45, 2.75) is 25.5 Å². The molecule has 1 saturated heterocycles. The van der Waals surface area contributed by atoms with E-state index in [-0.39, 0.29) is 18.0 Å². The summed E-state index contributed by atoms with van der Waals surface area (Å²) in [5.74, 6) is 0.797. The zero-order valence-electron chi connectivity index (χ0n) is 12.3. The molecule has 0 aliphatic carbocycles. The van der Waals surface area contributed by atoms with Gasteiger partial charge in [0.2, 0.25) is 0 Å². The first kappa shape index (κ1) is 13.8. The summed E-state index contributed by atoms with van der Waals surface area (Å²) >= 11 is 0. The molecule has 3 rings (SSSR count). The van der Waals surface area contributed by atoms with Crippen LogP contribution in [0.25, 0.3) is 10.9 Å². The molecule has 110 valence electrons. The number of benzene rings is 1. The van der Waals surface area contributed by atoms with Gasteiger partial charge in [-0.1, -0.05) is 18.2 Å². The van der Waals surface area contributed by atoms with E-state index in [0.29, 0.717) is 5.56 Å². The Labute approximate surface area is 124 Å². The fourth-order valence-electron chi connectivity index (χ4n) is 2.96. The van der Waals surface area contributed by atoms with Gasteiger partial charge >= 0.3 is 0 Å². The summed E-state index contributed by atoms with van der Waals surface area (Å²) in [5, 5.41) is 8.84. The van der Waals surface area contributed by atoms with Gasteiger partial charge in [0, 0.05) is 19.0 Å². The van der Waals surface area contributed by atoms with Crippen molar-refractivity contribution < 1.29 is 4.74 Å². The van der Waals surface area contributed by atoms with E-state index in [1.165, 1.54) is 0 Å². The van der Waals surface area contributed by atoms with Crippen molar-refractivity contribution in [1.29, 1.82) is 5.41 Å². The minimum atomic E-state index is 0.0432. The first-order valence-corrected chi connectivity index (χ1v) is 7.16. The molecule has 2 aromatic rings. The van der Waals surface area contributed by atoms with Crippen molar-refractivity contribution in [3.8, 4) is 0 Å². The van der Waals surface area contributed by atoms with Crippen LogP contribution in [0.4, 0.5) is 5.82 Å². The molecule has 5 nitrogen and oxygen atoms in total. The quantitative estimate of drug-likeness (QED) is 0.669. The van der Waals surface area contributed by atoms with Gasteiger partial charge in [0.15, 0.2) is 0 Å². The van der Waals surface area contributed by atoms with E-state index in [4.69, 9.17) is 20.9 Å². The molecule has 2 heterocycles. The number of hydrogen-bond donors (Lipinski definition) is 2. The second-order valence-corrected chi connectivity index (χ2v) is 5.51. The van der Waals surface area contributed by atoms with Crippen LogP contribution in [0.2, 0.25) is 0 Å². The zero-order valence-corrected chi connectivity index (χ0v) is 12.3. The van der Waals surface area contributed by atoms with Crippen molar-refractivity contribution in [1.82, 2.24) is 4.98 Å². The molecule has 5 heteroatoms. The van der Waals surface area contributed by atoms with Crippen LogP contribution in [-0.4, -0.2) is 36.6 Å². The van der Waals surface area contributed by atoms with Crippen LogP contribution < -0.4 is 10.6 Å². The number of nitrogens with one attached hydrogen (secondary N) is 1. The molecule has 0 radical (unpaired) electrons. The van der Waals surface area contributed by atoms with Crippen LogP contribution >= 0.6 is 0 Å². The topological polar surface area (TPSA) is 75.2 Å². The highest BCUT2D eigenvalue weighted by atomic mass is 16.5. The van der Waals surface area contributed by atoms with Crippen molar-refractivity contribution >= 4 is 22.6 Å². The van der Waals surface area contributed by atoms with Gasteiger partial charge in [-0.15, -0.1) is 0 Å². The highest BCUT2D eigenvalue weighted by molar-refractivity contribution is 6.03. The minimum Gasteiger partial charge on any atom is -0.384 e. The number of nitrogen functional groups attached to an aromatic ring is 1. The standard InChI is InChI=1S/C16H20N4O/c1-10-14(7-8-21-10)20(2)16-12(15(17)18)9-11-5-3-4-6-13(11)19-16/h3-6,9-10,14H,7-8H2,1-2H3,(H3,17,18). The van der Waals surface area contributed by atoms with E-state index in [9.17, 15) is 0 Å². The van der Waals surface area contributed by atoms with E-state index < -0.39 is 0 Å². The Morgan fingerprint density at radius 1 is 1.43 bits per heavy atom.